The summed E-state index contributed by atoms with van der Waals surface area (Å²) >= 11 is 0. The number of hydrogen-bond acceptors (Lipinski definition) is 3. The predicted octanol–water partition coefficient (Wildman–Crippen LogP) is 2.42. The highest BCUT2D eigenvalue weighted by Crippen LogP contribution is 2.23. The van der Waals surface area contributed by atoms with Crippen LogP contribution in [-0.2, 0) is 6.54 Å². The van der Waals surface area contributed by atoms with Crippen molar-refractivity contribution in [3.05, 3.63) is 29.6 Å². The van der Waals surface area contributed by atoms with Crippen molar-refractivity contribution in [2.75, 3.05) is 20.6 Å². The fourth-order valence-corrected chi connectivity index (χ4v) is 2.26. The Morgan fingerprint density at radius 2 is 2.10 bits per heavy atom. The number of carboxylic acids is 1. The maximum Gasteiger partial charge on any atom is 0.335 e. The van der Waals surface area contributed by atoms with E-state index in [2.05, 4.69) is 28.3 Å². The molecule has 0 bridgehead atoms. The zero-order valence-electron chi connectivity index (χ0n) is 12.4. The minimum atomic E-state index is -0.916. The quantitative estimate of drug-likeness (QED) is 0.910. The molecule has 0 saturated carbocycles. The van der Waals surface area contributed by atoms with Crippen LogP contribution >= 0.6 is 0 Å². The van der Waals surface area contributed by atoms with Gasteiger partial charge in [0, 0.05) is 19.0 Å². The van der Waals surface area contributed by atoms with Crippen LogP contribution in [0.1, 0.15) is 35.9 Å². The summed E-state index contributed by atoms with van der Waals surface area (Å²) in [7, 11) is 4.08. The fourth-order valence-electron chi connectivity index (χ4n) is 2.26. The van der Waals surface area contributed by atoms with Crippen molar-refractivity contribution < 1.29 is 9.90 Å². The van der Waals surface area contributed by atoms with Gasteiger partial charge in [0.05, 0.1) is 16.6 Å². The second-order valence-electron chi connectivity index (χ2n) is 5.59. The number of likely N-dealkylation sites (N-methyl/N-ethyl adjacent to an activating group) is 1. The summed E-state index contributed by atoms with van der Waals surface area (Å²) in [6.07, 6.45) is 0. The maximum atomic E-state index is 11.0. The van der Waals surface area contributed by atoms with Gasteiger partial charge in [-0.25, -0.2) is 9.78 Å². The van der Waals surface area contributed by atoms with E-state index in [1.54, 1.807) is 12.1 Å². The molecular weight excluding hydrogens is 254 g/mol. The minimum absolute atomic E-state index is 0.282. The van der Waals surface area contributed by atoms with Gasteiger partial charge in [0.25, 0.3) is 0 Å². The van der Waals surface area contributed by atoms with E-state index >= 15 is 0 Å². The van der Waals surface area contributed by atoms with E-state index in [0.717, 1.165) is 29.9 Å². The number of carbonyl (C=O) groups is 1. The molecule has 0 aliphatic heterocycles. The molecule has 5 heteroatoms. The smallest absolute Gasteiger partial charge is 0.335 e. The first-order valence-electron chi connectivity index (χ1n) is 6.78. The lowest BCUT2D eigenvalue weighted by Gasteiger charge is -2.14. The van der Waals surface area contributed by atoms with Crippen LogP contribution in [0.4, 0.5) is 0 Å². The second-order valence-corrected chi connectivity index (χ2v) is 5.59. The second kappa shape index (κ2) is 5.63. The van der Waals surface area contributed by atoms with Gasteiger partial charge in [0.1, 0.15) is 5.82 Å². The van der Waals surface area contributed by atoms with E-state index in [4.69, 9.17) is 5.11 Å². The van der Waals surface area contributed by atoms with Crippen molar-refractivity contribution in [1.29, 1.82) is 0 Å². The van der Waals surface area contributed by atoms with Gasteiger partial charge in [-0.15, -0.1) is 0 Å². The summed E-state index contributed by atoms with van der Waals surface area (Å²) in [5, 5.41) is 9.06. The Labute approximate surface area is 118 Å². The van der Waals surface area contributed by atoms with E-state index in [0.29, 0.717) is 5.92 Å². The number of benzene rings is 1. The van der Waals surface area contributed by atoms with E-state index in [1.165, 1.54) is 0 Å². The zero-order valence-corrected chi connectivity index (χ0v) is 12.4. The molecule has 0 saturated heterocycles. The number of imidazole rings is 1. The first-order valence-corrected chi connectivity index (χ1v) is 6.78. The lowest BCUT2D eigenvalue weighted by molar-refractivity contribution is 0.0697. The molecule has 2 rings (SSSR count). The van der Waals surface area contributed by atoms with E-state index in [-0.39, 0.29) is 5.56 Å². The van der Waals surface area contributed by atoms with Crippen molar-refractivity contribution in [2.45, 2.75) is 26.3 Å². The van der Waals surface area contributed by atoms with Crippen LogP contribution in [-0.4, -0.2) is 46.2 Å². The number of hydrogen-bond donors (Lipinski definition) is 1. The Bertz CT molecular complexity index is 629. The number of aromatic carboxylic acids is 1. The van der Waals surface area contributed by atoms with Crippen molar-refractivity contribution >= 4 is 17.0 Å². The standard InChI is InChI=1S/C15H21N3O2/c1-10(2)14-16-12-9-11(15(19)20)5-6-13(12)18(14)8-7-17(3)4/h5-6,9-10H,7-8H2,1-4H3,(H,19,20). The van der Waals surface area contributed by atoms with E-state index < -0.39 is 5.97 Å². The molecule has 1 N–H and O–H groups in total. The molecule has 1 heterocycles. The number of aromatic nitrogens is 2. The summed E-state index contributed by atoms with van der Waals surface area (Å²) < 4.78 is 2.19. The van der Waals surface area contributed by atoms with E-state index in [9.17, 15) is 4.79 Å². The number of nitrogens with zero attached hydrogens (tertiary/aromatic N) is 3. The fraction of sp³-hybridized carbons (Fsp3) is 0.467. The molecule has 5 nitrogen and oxygen atoms in total. The van der Waals surface area contributed by atoms with Gasteiger partial charge < -0.3 is 14.6 Å². The third-order valence-electron chi connectivity index (χ3n) is 3.31. The largest absolute Gasteiger partial charge is 0.478 e. The summed E-state index contributed by atoms with van der Waals surface area (Å²) in [4.78, 5) is 17.8. The van der Waals surface area contributed by atoms with Crippen LogP contribution < -0.4 is 0 Å². The average Bonchev–Trinajstić information content (AvgIpc) is 2.73. The highest BCUT2D eigenvalue weighted by Gasteiger charge is 2.15. The minimum Gasteiger partial charge on any atom is -0.478 e. The number of fused-ring (bicyclic) bond motifs is 1. The summed E-state index contributed by atoms with van der Waals surface area (Å²) in [6, 6.07) is 5.14. The highest BCUT2D eigenvalue weighted by molar-refractivity contribution is 5.92. The third-order valence-corrected chi connectivity index (χ3v) is 3.31. The highest BCUT2D eigenvalue weighted by atomic mass is 16.4. The SMILES string of the molecule is CC(C)c1nc2cc(C(=O)O)ccc2n1CCN(C)C. The van der Waals surface area contributed by atoms with Crippen LogP contribution in [0.2, 0.25) is 0 Å². The zero-order chi connectivity index (χ0) is 14.9. The molecule has 2 aromatic rings. The Balaban J connectivity index is 2.51. The Kier molecular flexibility index (Phi) is 4.09. The molecule has 0 aliphatic rings. The van der Waals surface area contributed by atoms with Crippen molar-refractivity contribution in [1.82, 2.24) is 14.5 Å². The predicted molar refractivity (Wildman–Crippen MR) is 79.3 cm³/mol. The molecule has 1 aromatic heterocycles. The van der Waals surface area contributed by atoms with Gasteiger partial charge in [0.2, 0.25) is 0 Å². The van der Waals surface area contributed by atoms with Crippen molar-refractivity contribution in [2.24, 2.45) is 0 Å². The van der Waals surface area contributed by atoms with Crippen LogP contribution in [0.3, 0.4) is 0 Å². The van der Waals surface area contributed by atoms with Gasteiger partial charge in [-0.2, -0.15) is 0 Å². The molecule has 0 unspecified atom stereocenters. The maximum absolute atomic E-state index is 11.0. The number of carboxylic acid groups (broad SMARTS) is 1. The lowest BCUT2D eigenvalue weighted by Crippen LogP contribution is -2.19. The first kappa shape index (κ1) is 14.5. The van der Waals surface area contributed by atoms with Gasteiger partial charge in [-0.3, -0.25) is 0 Å². The van der Waals surface area contributed by atoms with E-state index in [1.807, 2.05) is 20.2 Å². The molecule has 0 fully saturated rings. The van der Waals surface area contributed by atoms with Crippen LogP contribution in [0, 0.1) is 0 Å². The summed E-state index contributed by atoms with van der Waals surface area (Å²) in [5.74, 6) is 0.392. The molecule has 1 aromatic carbocycles. The van der Waals surface area contributed by atoms with Gasteiger partial charge in [-0.05, 0) is 32.3 Å². The van der Waals surface area contributed by atoms with Gasteiger partial charge in [0.15, 0.2) is 0 Å². The van der Waals surface area contributed by atoms with Gasteiger partial charge in [-0.1, -0.05) is 13.8 Å². The first-order chi connectivity index (χ1) is 9.40. The Morgan fingerprint density at radius 1 is 1.40 bits per heavy atom. The molecular formula is C15H21N3O2. The molecule has 20 heavy (non-hydrogen) atoms. The molecule has 0 amide bonds. The molecule has 0 atom stereocenters. The third kappa shape index (κ3) is 2.82. The Morgan fingerprint density at radius 3 is 2.65 bits per heavy atom. The van der Waals surface area contributed by atoms with Gasteiger partial charge >= 0.3 is 5.97 Å². The average molecular weight is 275 g/mol. The monoisotopic (exact) mass is 275 g/mol. The topological polar surface area (TPSA) is 58.4 Å². The summed E-state index contributed by atoms with van der Waals surface area (Å²) in [6.45, 7) is 5.98. The lowest BCUT2D eigenvalue weighted by atomic mass is 10.2. The molecule has 108 valence electrons. The van der Waals surface area contributed by atoms with Crippen LogP contribution in [0.5, 0.6) is 0 Å². The van der Waals surface area contributed by atoms with Crippen molar-refractivity contribution in [3.8, 4) is 0 Å². The van der Waals surface area contributed by atoms with Crippen LogP contribution in [0.15, 0.2) is 18.2 Å². The molecule has 0 radical (unpaired) electrons. The number of rotatable bonds is 5. The normalized spacial score (nSPS) is 11.7. The van der Waals surface area contributed by atoms with Crippen LogP contribution in [0.25, 0.3) is 11.0 Å². The molecule has 0 spiro atoms. The van der Waals surface area contributed by atoms with Crippen molar-refractivity contribution in [3.63, 3.8) is 0 Å². The summed E-state index contributed by atoms with van der Waals surface area (Å²) in [5.41, 5.74) is 2.04. The Hall–Kier alpha value is -1.88. The molecule has 0 aliphatic carbocycles.